The zero-order valence-corrected chi connectivity index (χ0v) is 21.5. The Morgan fingerprint density at radius 2 is 1.71 bits per heavy atom. The molecule has 2 bridgehead atoms. The number of fused-ring (bicyclic) bond motifs is 3. The standard InChI is InChI=1S/C28H34F2N4O4/c29-21-6-13-32(16-21)25(36)27-7-10-28(11-8-27,12-9-27)34(26(37)38-19-20-4-2-1-3-5-20)18-24(35)33-17-22(30)14-23(33)15-31/h1-5,21-23H,6-14,16-19H2/t21-,22-,23-,27?,28?/m0/s1. The summed E-state index contributed by atoms with van der Waals surface area (Å²) in [6.07, 6.45) is 0.660. The van der Waals surface area contributed by atoms with Gasteiger partial charge in [-0.15, -0.1) is 0 Å². The highest BCUT2D eigenvalue weighted by molar-refractivity contribution is 5.85. The third-order valence-electron chi connectivity index (χ3n) is 9.09. The second-order valence-corrected chi connectivity index (χ2v) is 11.3. The normalized spacial score (nSPS) is 32.2. The van der Waals surface area contributed by atoms with Gasteiger partial charge < -0.3 is 14.5 Å². The number of rotatable bonds is 6. The summed E-state index contributed by atoms with van der Waals surface area (Å²) in [5.41, 5.74) is -0.420. The van der Waals surface area contributed by atoms with Crippen molar-refractivity contribution in [1.29, 1.82) is 5.26 Å². The van der Waals surface area contributed by atoms with Crippen molar-refractivity contribution in [3.05, 3.63) is 35.9 Å². The van der Waals surface area contributed by atoms with Crippen molar-refractivity contribution in [3.63, 3.8) is 0 Å². The number of nitriles is 1. The molecule has 38 heavy (non-hydrogen) atoms. The lowest BCUT2D eigenvalue weighted by Crippen LogP contribution is -2.63. The first kappa shape index (κ1) is 26.4. The van der Waals surface area contributed by atoms with E-state index in [1.165, 1.54) is 9.80 Å². The van der Waals surface area contributed by atoms with Gasteiger partial charge in [0, 0.05) is 23.9 Å². The second kappa shape index (κ2) is 10.5. The lowest BCUT2D eigenvalue weighted by Gasteiger charge is -2.56. The highest BCUT2D eigenvalue weighted by Crippen LogP contribution is 2.55. The second-order valence-electron chi connectivity index (χ2n) is 11.3. The van der Waals surface area contributed by atoms with E-state index in [0.29, 0.717) is 51.5 Å². The van der Waals surface area contributed by atoms with Crippen molar-refractivity contribution < 1.29 is 27.9 Å². The minimum atomic E-state index is -1.27. The molecule has 5 fully saturated rings. The highest BCUT2D eigenvalue weighted by Gasteiger charge is 2.57. The monoisotopic (exact) mass is 528 g/mol. The Balaban J connectivity index is 1.33. The lowest BCUT2D eigenvalue weighted by molar-refractivity contribution is -0.153. The van der Waals surface area contributed by atoms with Crippen molar-refractivity contribution in [2.45, 2.75) is 81.9 Å². The van der Waals surface area contributed by atoms with Gasteiger partial charge in [-0.25, -0.2) is 13.6 Å². The smallest absolute Gasteiger partial charge is 0.411 e. The number of ether oxygens (including phenoxy) is 1. The summed E-state index contributed by atoms with van der Waals surface area (Å²) < 4.78 is 33.5. The van der Waals surface area contributed by atoms with Gasteiger partial charge in [-0.1, -0.05) is 30.3 Å². The minimum Gasteiger partial charge on any atom is -0.445 e. The summed E-state index contributed by atoms with van der Waals surface area (Å²) in [6, 6.07) is 10.4. The average Bonchev–Trinajstić information content (AvgIpc) is 3.56. The first-order valence-electron chi connectivity index (χ1n) is 13.5. The molecule has 0 aromatic heterocycles. The molecule has 2 aliphatic heterocycles. The molecule has 3 atom stereocenters. The SMILES string of the molecule is N#C[C@@H]1C[C@H](F)CN1C(=O)CN(C(=O)OCc1ccccc1)C12CCC(C(=O)N3CC[C@H](F)C3)(CC1)CC2. The Bertz CT molecular complexity index is 1090. The molecular weight excluding hydrogens is 494 g/mol. The fourth-order valence-electron chi connectivity index (χ4n) is 6.76. The molecule has 3 saturated carbocycles. The number of benzene rings is 1. The van der Waals surface area contributed by atoms with E-state index in [1.54, 1.807) is 4.90 Å². The Labute approximate surface area is 221 Å². The molecule has 10 heteroatoms. The van der Waals surface area contributed by atoms with E-state index in [9.17, 15) is 28.4 Å². The molecule has 204 valence electrons. The van der Waals surface area contributed by atoms with E-state index in [4.69, 9.17) is 4.74 Å². The molecule has 1 aromatic carbocycles. The molecule has 3 aliphatic carbocycles. The van der Waals surface area contributed by atoms with E-state index in [1.807, 2.05) is 36.4 Å². The Kier molecular flexibility index (Phi) is 7.30. The molecule has 2 saturated heterocycles. The van der Waals surface area contributed by atoms with E-state index < -0.39 is 41.3 Å². The molecule has 3 amide bonds. The molecule has 0 N–H and O–H groups in total. The van der Waals surface area contributed by atoms with Crippen LogP contribution in [0.15, 0.2) is 30.3 Å². The van der Waals surface area contributed by atoms with Crippen LogP contribution in [0.4, 0.5) is 13.6 Å². The van der Waals surface area contributed by atoms with Gasteiger partial charge >= 0.3 is 6.09 Å². The molecular formula is C28H34F2N4O4. The van der Waals surface area contributed by atoms with Crippen LogP contribution in [-0.4, -0.2) is 82.7 Å². The predicted octanol–water partition coefficient (Wildman–Crippen LogP) is 3.75. The number of carbonyl (C=O) groups is 3. The molecule has 5 aliphatic rings. The van der Waals surface area contributed by atoms with Gasteiger partial charge in [0.05, 0.1) is 19.2 Å². The largest absolute Gasteiger partial charge is 0.445 e. The zero-order valence-electron chi connectivity index (χ0n) is 21.5. The quantitative estimate of drug-likeness (QED) is 0.561. The van der Waals surface area contributed by atoms with Crippen molar-refractivity contribution in [3.8, 4) is 6.07 Å². The van der Waals surface area contributed by atoms with Crippen LogP contribution in [0.1, 0.15) is 56.9 Å². The van der Waals surface area contributed by atoms with Crippen LogP contribution in [0.3, 0.4) is 0 Å². The van der Waals surface area contributed by atoms with Gasteiger partial charge in [-0.3, -0.25) is 14.5 Å². The number of nitrogens with zero attached hydrogens (tertiary/aromatic N) is 4. The summed E-state index contributed by atoms with van der Waals surface area (Å²) >= 11 is 0. The van der Waals surface area contributed by atoms with Crippen LogP contribution in [0.5, 0.6) is 0 Å². The Morgan fingerprint density at radius 3 is 2.32 bits per heavy atom. The third-order valence-corrected chi connectivity index (χ3v) is 9.09. The van der Waals surface area contributed by atoms with Gasteiger partial charge in [0.2, 0.25) is 11.8 Å². The summed E-state index contributed by atoms with van der Waals surface area (Å²) in [7, 11) is 0. The van der Waals surface area contributed by atoms with E-state index >= 15 is 0 Å². The zero-order chi connectivity index (χ0) is 26.9. The molecule has 8 nitrogen and oxygen atoms in total. The number of carbonyl (C=O) groups excluding carboxylic acids is 3. The third kappa shape index (κ3) is 4.95. The number of amides is 3. The first-order valence-corrected chi connectivity index (χ1v) is 13.5. The molecule has 6 rings (SSSR count). The van der Waals surface area contributed by atoms with E-state index in [-0.39, 0.29) is 38.6 Å². The van der Waals surface area contributed by atoms with Crippen LogP contribution in [0.2, 0.25) is 0 Å². The number of alkyl halides is 2. The van der Waals surface area contributed by atoms with Crippen molar-refractivity contribution in [1.82, 2.24) is 14.7 Å². The average molecular weight is 529 g/mol. The maximum Gasteiger partial charge on any atom is 0.411 e. The summed E-state index contributed by atoms with van der Waals surface area (Å²) in [6.45, 7) is 0.142. The molecule has 0 radical (unpaired) electrons. The van der Waals surface area contributed by atoms with E-state index in [2.05, 4.69) is 0 Å². The molecule has 2 heterocycles. The topological polar surface area (TPSA) is 94.0 Å². The van der Waals surface area contributed by atoms with Gasteiger partial charge in [0.15, 0.2) is 0 Å². The van der Waals surface area contributed by atoms with Crippen LogP contribution >= 0.6 is 0 Å². The summed E-state index contributed by atoms with van der Waals surface area (Å²) in [5, 5.41) is 9.42. The van der Waals surface area contributed by atoms with Gasteiger partial charge in [-0.05, 0) is 50.5 Å². The Hall–Kier alpha value is -3.22. The predicted molar refractivity (Wildman–Crippen MR) is 133 cm³/mol. The van der Waals surface area contributed by atoms with Crippen molar-refractivity contribution in [2.24, 2.45) is 5.41 Å². The number of halogens is 2. The number of likely N-dealkylation sites (tertiary alicyclic amines) is 2. The Morgan fingerprint density at radius 1 is 1.03 bits per heavy atom. The molecule has 0 unspecified atom stereocenters. The van der Waals surface area contributed by atoms with Gasteiger partial charge in [0.25, 0.3) is 0 Å². The van der Waals surface area contributed by atoms with E-state index in [0.717, 1.165) is 5.56 Å². The fraction of sp³-hybridized carbons (Fsp3) is 0.643. The van der Waals surface area contributed by atoms with Crippen LogP contribution in [0.25, 0.3) is 0 Å². The highest BCUT2D eigenvalue weighted by atomic mass is 19.1. The van der Waals surface area contributed by atoms with Crippen molar-refractivity contribution >= 4 is 17.9 Å². The van der Waals surface area contributed by atoms with Crippen molar-refractivity contribution in [2.75, 3.05) is 26.2 Å². The molecule has 1 aromatic rings. The maximum atomic E-state index is 14.0. The molecule has 0 spiro atoms. The first-order chi connectivity index (χ1) is 18.2. The van der Waals surface area contributed by atoms with Crippen LogP contribution in [0, 0.1) is 16.7 Å². The van der Waals surface area contributed by atoms with Crippen LogP contribution in [-0.2, 0) is 20.9 Å². The number of hydrogen-bond acceptors (Lipinski definition) is 5. The minimum absolute atomic E-state index is 0.00291. The van der Waals surface area contributed by atoms with Gasteiger partial charge in [0.1, 0.15) is 31.5 Å². The number of hydrogen-bond donors (Lipinski definition) is 0. The summed E-state index contributed by atoms with van der Waals surface area (Å²) in [4.78, 5) is 44.5. The lowest BCUT2D eigenvalue weighted by atomic mass is 9.56. The maximum absolute atomic E-state index is 14.0. The van der Waals surface area contributed by atoms with Crippen LogP contribution < -0.4 is 0 Å². The summed E-state index contributed by atoms with van der Waals surface area (Å²) in [5.74, 6) is -0.476. The van der Waals surface area contributed by atoms with Gasteiger partial charge in [-0.2, -0.15) is 5.26 Å². The fourth-order valence-corrected chi connectivity index (χ4v) is 6.76.